The molecule has 28 heavy (non-hydrogen) atoms. The Labute approximate surface area is 159 Å². The molecule has 0 amide bonds. The Balaban J connectivity index is 2.07. The molecule has 0 atom stereocenters. The predicted molar refractivity (Wildman–Crippen MR) is 95.8 cm³/mol. The largest absolute Gasteiger partial charge is 0.504 e. The molecule has 0 saturated heterocycles. The Kier molecular flexibility index (Phi) is 4.07. The van der Waals surface area contributed by atoms with Crippen molar-refractivity contribution in [1.82, 2.24) is 4.98 Å². The minimum absolute atomic E-state index is 0.130. The van der Waals surface area contributed by atoms with Crippen molar-refractivity contribution in [3.05, 3.63) is 58.0 Å². The van der Waals surface area contributed by atoms with Gasteiger partial charge in [-0.05, 0) is 25.0 Å². The summed E-state index contributed by atoms with van der Waals surface area (Å²) < 4.78 is 31.9. The van der Waals surface area contributed by atoms with Crippen LogP contribution in [0, 0.1) is 10.1 Å². The van der Waals surface area contributed by atoms with E-state index in [2.05, 4.69) is 4.98 Å². The molecule has 4 rings (SSSR count). The van der Waals surface area contributed by atoms with Crippen LogP contribution in [0.2, 0.25) is 0 Å². The van der Waals surface area contributed by atoms with Crippen molar-refractivity contribution >= 4 is 15.5 Å². The van der Waals surface area contributed by atoms with E-state index in [-0.39, 0.29) is 10.8 Å². The fourth-order valence-corrected chi connectivity index (χ4v) is 4.73. The van der Waals surface area contributed by atoms with Gasteiger partial charge in [-0.25, -0.2) is 13.4 Å². The maximum Gasteiger partial charge on any atom is 0.328 e. The van der Waals surface area contributed by atoms with Gasteiger partial charge in [0.2, 0.25) is 21.5 Å². The molecular weight excluding hydrogens is 388 g/mol. The van der Waals surface area contributed by atoms with E-state index < -0.39 is 42.4 Å². The Morgan fingerprint density at radius 1 is 1.14 bits per heavy atom. The molecule has 1 heterocycles. The molecule has 1 aromatic heterocycles. The molecule has 0 bridgehead atoms. The number of aromatic nitrogens is 1. The summed E-state index contributed by atoms with van der Waals surface area (Å²) in [6, 6.07) is 8.04. The third-order valence-corrected chi connectivity index (χ3v) is 6.35. The topological polar surface area (TPSA) is 144 Å². The average Bonchev–Trinajstić information content (AvgIpc) is 3.25. The molecule has 0 spiro atoms. The maximum absolute atomic E-state index is 13.2. The number of fused-ring (bicyclic) bond motifs is 1. The number of rotatable bonds is 4. The summed E-state index contributed by atoms with van der Waals surface area (Å²) in [5.74, 6) is -1.73. The number of phenolic OH excluding ortho intramolecular Hbond substituents is 2. The molecule has 1 aliphatic carbocycles. The van der Waals surface area contributed by atoms with Gasteiger partial charge in [0.25, 0.3) is 0 Å². The second-order valence-corrected chi connectivity index (χ2v) is 8.20. The van der Waals surface area contributed by atoms with Crippen LogP contribution in [0.15, 0.2) is 50.6 Å². The van der Waals surface area contributed by atoms with Crippen molar-refractivity contribution in [3.8, 4) is 23.0 Å². The van der Waals surface area contributed by atoms with E-state index in [1.807, 2.05) is 0 Å². The second-order valence-electron chi connectivity index (χ2n) is 6.28. The van der Waals surface area contributed by atoms with Gasteiger partial charge in [0.1, 0.15) is 11.3 Å². The van der Waals surface area contributed by atoms with E-state index in [0.717, 1.165) is 12.5 Å². The number of benzene rings is 2. The van der Waals surface area contributed by atoms with Gasteiger partial charge in [0.15, 0.2) is 5.75 Å². The van der Waals surface area contributed by atoms with Crippen molar-refractivity contribution in [3.63, 3.8) is 0 Å². The average molecular weight is 402 g/mol. The van der Waals surface area contributed by atoms with Gasteiger partial charge < -0.3 is 14.6 Å². The lowest BCUT2D eigenvalue weighted by molar-refractivity contribution is -0.385. The summed E-state index contributed by atoms with van der Waals surface area (Å²) in [6.45, 7) is 0. The van der Waals surface area contributed by atoms with E-state index in [1.54, 1.807) is 6.07 Å². The normalized spacial score (nSPS) is 13.4. The Morgan fingerprint density at radius 2 is 1.86 bits per heavy atom. The number of hydrogen-bond acceptors (Lipinski definition) is 8. The zero-order valence-electron chi connectivity index (χ0n) is 14.3. The first-order valence-corrected chi connectivity index (χ1v) is 9.81. The van der Waals surface area contributed by atoms with Crippen LogP contribution in [0.4, 0.5) is 5.69 Å². The Morgan fingerprint density at radius 3 is 2.50 bits per heavy atom. The third kappa shape index (κ3) is 2.69. The zero-order chi connectivity index (χ0) is 20.1. The van der Waals surface area contributed by atoms with Gasteiger partial charge in [-0.15, -0.1) is 0 Å². The summed E-state index contributed by atoms with van der Waals surface area (Å²) in [4.78, 5) is 14.2. The second kappa shape index (κ2) is 6.34. The smallest absolute Gasteiger partial charge is 0.328 e. The van der Waals surface area contributed by atoms with Crippen LogP contribution in [0.3, 0.4) is 0 Å². The molecule has 0 fully saturated rings. The highest BCUT2D eigenvalue weighted by molar-refractivity contribution is 7.91. The van der Waals surface area contributed by atoms with Gasteiger partial charge >= 0.3 is 5.69 Å². The van der Waals surface area contributed by atoms with Crippen LogP contribution in [0.25, 0.3) is 11.5 Å². The number of aromatic hydroxyl groups is 2. The van der Waals surface area contributed by atoms with Crippen LogP contribution in [0.1, 0.15) is 17.9 Å². The standard InChI is InChI=1S/C18H14N2O7S/c21-12-9-14(28(25,26)10-5-2-1-3-6-10)15(16(17(12)22)20(23)24)18-19-11-7-4-8-13(11)27-18/h1-3,5-6,9,21-22H,4,7-8H2. The predicted octanol–water partition coefficient (Wildman–Crippen LogP) is 2.98. The number of oxazole rings is 1. The minimum atomic E-state index is -4.28. The SMILES string of the molecule is O=[N+]([O-])c1c(O)c(O)cc(S(=O)(=O)c2ccccc2)c1-c1nc2c(o1)CCC2. The number of nitro benzene ring substituents is 1. The van der Waals surface area contributed by atoms with Crippen molar-refractivity contribution in [2.45, 2.75) is 29.1 Å². The molecule has 1 aliphatic rings. The molecule has 9 nitrogen and oxygen atoms in total. The highest BCUT2D eigenvalue weighted by atomic mass is 32.2. The first kappa shape index (κ1) is 18.0. The first-order valence-electron chi connectivity index (χ1n) is 8.33. The summed E-state index contributed by atoms with van der Waals surface area (Å²) in [5.41, 5.74) is -0.868. The number of nitro groups is 1. The molecule has 10 heteroatoms. The van der Waals surface area contributed by atoms with Crippen molar-refractivity contribution in [1.29, 1.82) is 0 Å². The number of aryl methyl sites for hydroxylation is 2. The fourth-order valence-electron chi connectivity index (χ4n) is 3.24. The van der Waals surface area contributed by atoms with Crippen LogP contribution in [-0.4, -0.2) is 28.5 Å². The van der Waals surface area contributed by atoms with Gasteiger partial charge in [-0.1, -0.05) is 18.2 Å². The maximum atomic E-state index is 13.2. The molecule has 2 N–H and O–H groups in total. The van der Waals surface area contributed by atoms with Crippen molar-refractivity contribution in [2.75, 3.05) is 0 Å². The minimum Gasteiger partial charge on any atom is -0.504 e. The monoisotopic (exact) mass is 402 g/mol. The number of nitrogens with zero attached hydrogens (tertiary/aromatic N) is 2. The fraction of sp³-hybridized carbons (Fsp3) is 0.167. The van der Waals surface area contributed by atoms with Crippen LogP contribution < -0.4 is 0 Å². The Hall–Kier alpha value is -3.40. The van der Waals surface area contributed by atoms with Crippen LogP contribution in [-0.2, 0) is 22.7 Å². The lowest BCUT2D eigenvalue weighted by atomic mass is 10.1. The van der Waals surface area contributed by atoms with Gasteiger partial charge in [-0.3, -0.25) is 10.1 Å². The molecule has 2 aromatic carbocycles. The molecule has 0 saturated carbocycles. The highest BCUT2D eigenvalue weighted by Crippen LogP contribution is 2.48. The quantitative estimate of drug-likeness (QED) is 0.385. The van der Waals surface area contributed by atoms with Gasteiger partial charge in [0.05, 0.1) is 20.4 Å². The van der Waals surface area contributed by atoms with E-state index in [9.17, 15) is 28.7 Å². The van der Waals surface area contributed by atoms with Crippen molar-refractivity contribution in [2.24, 2.45) is 0 Å². The lowest BCUT2D eigenvalue weighted by Gasteiger charge is -2.11. The van der Waals surface area contributed by atoms with Gasteiger partial charge in [-0.2, -0.15) is 0 Å². The first-order chi connectivity index (χ1) is 13.3. The Bertz CT molecular complexity index is 1180. The highest BCUT2D eigenvalue weighted by Gasteiger charge is 2.37. The summed E-state index contributed by atoms with van der Waals surface area (Å²) in [5, 5.41) is 31.7. The molecule has 3 aromatic rings. The summed E-state index contributed by atoms with van der Waals surface area (Å²) >= 11 is 0. The molecule has 144 valence electrons. The van der Waals surface area contributed by atoms with E-state index in [1.165, 1.54) is 24.3 Å². The van der Waals surface area contributed by atoms with Gasteiger partial charge in [0, 0.05) is 12.5 Å². The zero-order valence-corrected chi connectivity index (χ0v) is 15.1. The number of sulfone groups is 1. The molecular formula is C18H14N2O7S. The van der Waals surface area contributed by atoms with E-state index in [0.29, 0.717) is 24.3 Å². The van der Waals surface area contributed by atoms with E-state index >= 15 is 0 Å². The molecule has 0 radical (unpaired) electrons. The number of phenols is 2. The summed E-state index contributed by atoms with van der Waals surface area (Å²) in [6.07, 6.45) is 2.01. The third-order valence-electron chi connectivity index (χ3n) is 4.55. The van der Waals surface area contributed by atoms with Crippen molar-refractivity contribution < 1.29 is 28.0 Å². The van der Waals surface area contributed by atoms with E-state index in [4.69, 9.17) is 4.42 Å². The lowest BCUT2D eigenvalue weighted by Crippen LogP contribution is -2.07. The van der Waals surface area contributed by atoms with Crippen LogP contribution in [0.5, 0.6) is 11.5 Å². The van der Waals surface area contributed by atoms with Crippen LogP contribution >= 0.6 is 0 Å². The number of hydrogen-bond donors (Lipinski definition) is 2. The molecule has 0 aliphatic heterocycles. The molecule has 0 unspecified atom stereocenters. The summed E-state index contributed by atoms with van der Waals surface area (Å²) in [7, 11) is -4.28.